The first kappa shape index (κ1) is 14.0. The molecule has 0 unspecified atom stereocenters. The Kier molecular flexibility index (Phi) is 4.30. The van der Waals surface area contributed by atoms with Crippen LogP contribution in [-0.2, 0) is 0 Å². The maximum atomic E-state index is 12.3. The van der Waals surface area contributed by atoms with Crippen LogP contribution in [0.2, 0.25) is 0 Å². The molecule has 0 atom stereocenters. The summed E-state index contributed by atoms with van der Waals surface area (Å²) in [6.45, 7) is 6.10. The highest BCUT2D eigenvalue weighted by molar-refractivity contribution is 6.05. The summed E-state index contributed by atoms with van der Waals surface area (Å²) in [7, 11) is 0. The van der Waals surface area contributed by atoms with E-state index in [0.717, 1.165) is 11.4 Å². The standard InChI is InChI=1S/C15H17N3O2/c1-4-20-13-8-6-5-7-12(13)14(19)18-15-16-10(2)9-11(3)17-15/h5-9H,4H2,1-3H3,(H,16,17,18,19). The molecular weight excluding hydrogens is 254 g/mol. The number of ether oxygens (including phenoxy) is 1. The first-order valence-electron chi connectivity index (χ1n) is 6.45. The van der Waals surface area contributed by atoms with E-state index in [4.69, 9.17) is 4.74 Å². The first-order valence-corrected chi connectivity index (χ1v) is 6.45. The van der Waals surface area contributed by atoms with Crippen LogP contribution in [-0.4, -0.2) is 22.5 Å². The number of benzene rings is 1. The zero-order valence-electron chi connectivity index (χ0n) is 11.8. The van der Waals surface area contributed by atoms with E-state index < -0.39 is 0 Å². The molecule has 0 aliphatic carbocycles. The maximum absolute atomic E-state index is 12.3. The van der Waals surface area contributed by atoms with Gasteiger partial charge in [-0.25, -0.2) is 9.97 Å². The molecule has 2 aromatic rings. The predicted octanol–water partition coefficient (Wildman–Crippen LogP) is 2.74. The third-order valence-electron chi connectivity index (χ3n) is 2.64. The van der Waals surface area contributed by atoms with Crippen LogP contribution < -0.4 is 10.1 Å². The van der Waals surface area contributed by atoms with Crippen molar-refractivity contribution in [3.8, 4) is 5.75 Å². The molecule has 0 fully saturated rings. The Hall–Kier alpha value is -2.43. The maximum Gasteiger partial charge on any atom is 0.261 e. The highest BCUT2D eigenvalue weighted by Crippen LogP contribution is 2.19. The topological polar surface area (TPSA) is 64.1 Å². The number of rotatable bonds is 4. The van der Waals surface area contributed by atoms with Crippen LogP contribution in [0.1, 0.15) is 28.7 Å². The van der Waals surface area contributed by atoms with Gasteiger partial charge in [0.1, 0.15) is 5.75 Å². The van der Waals surface area contributed by atoms with Crippen LogP contribution >= 0.6 is 0 Å². The summed E-state index contributed by atoms with van der Waals surface area (Å²) in [6, 6.07) is 8.95. The second-order valence-corrected chi connectivity index (χ2v) is 4.36. The van der Waals surface area contributed by atoms with Crippen LogP contribution in [0, 0.1) is 13.8 Å². The van der Waals surface area contributed by atoms with Crippen LogP contribution in [0.25, 0.3) is 0 Å². The summed E-state index contributed by atoms with van der Waals surface area (Å²) in [6.07, 6.45) is 0. The molecule has 1 aromatic carbocycles. The fourth-order valence-corrected chi connectivity index (χ4v) is 1.89. The van der Waals surface area contributed by atoms with Gasteiger partial charge in [-0.15, -0.1) is 0 Å². The number of aryl methyl sites for hydroxylation is 2. The minimum Gasteiger partial charge on any atom is -0.493 e. The quantitative estimate of drug-likeness (QED) is 0.928. The predicted molar refractivity (Wildman–Crippen MR) is 77.1 cm³/mol. The van der Waals surface area contributed by atoms with E-state index in [0.29, 0.717) is 23.9 Å². The van der Waals surface area contributed by atoms with Crippen LogP contribution in [0.4, 0.5) is 5.95 Å². The Labute approximate surface area is 118 Å². The number of hydrogen-bond acceptors (Lipinski definition) is 4. The van der Waals surface area contributed by atoms with Gasteiger partial charge < -0.3 is 4.74 Å². The molecule has 2 rings (SSSR count). The highest BCUT2D eigenvalue weighted by Gasteiger charge is 2.13. The van der Waals surface area contributed by atoms with E-state index in [-0.39, 0.29) is 5.91 Å². The number of amides is 1. The van der Waals surface area contributed by atoms with E-state index in [1.54, 1.807) is 18.2 Å². The Bertz CT molecular complexity index is 606. The monoisotopic (exact) mass is 271 g/mol. The smallest absolute Gasteiger partial charge is 0.261 e. The molecule has 0 radical (unpaired) electrons. The fraction of sp³-hybridized carbons (Fsp3) is 0.267. The summed E-state index contributed by atoms with van der Waals surface area (Å²) >= 11 is 0. The van der Waals surface area contributed by atoms with E-state index in [1.807, 2.05) is 32.9 Å². The van der Waals surface area contributed by atoms with Gasteiger partial charge in [0.25, 0.3) is 5.91 Å². The molecule has 104 valence electrons. The van der Waals surface area contributed by atoms with Crippen LogP contribution in [0.5, 0.6) is 5.75 Å². The van der Waals surface area contributed by atoms with Crippen LogP contribution in [0.3, 0.4) is 0 Å². The van der Waals surface area contributed by atoms with Gasteiger partial charge in [-0.2, -0.15) is 0 Å². The third-order valence-corrected chi connectivity index (χ3v) is 2.64. The van der Waals surface area contributed by atoms with Crippen molar-refractivity contribution < 1.29 is 9.53 Å². The number of aromatic nitrogens is 2. The number of carbonyl (C=O) groups excluding carboxylic acids is 1. The molecule has 1 N–H and O–H groups in total. The average molecular weight is 271 g/mol. The van der Waals surface area contributed by atoms with Gasteiger partial charge >= 0.3 is 0 Å². The number of nitrogens with one attached hydrogen (secondary N) is 1. The van der Waals surface area contributed by atoms with Gasteiger partial charge in [-0.3, -0.25) is 10.1 Å². The van der Waals surface area contributed by atoms with Gasteiger partial charge in [-0.1, -0.05) is 12.1 Å². The van der Waals surface area contributed by atoms with E-state index in [1.165, 1.54) is 0 Å². The minimum atomic E-state index is -0.279. The second kappa shape index (κ2) is 6.14. The van der Waals surface area contributed by atoms with Crippen molar-refractivity contribution in [2.75, 3.05) is 11.9 Å². The Balaban J connectivity index is 2.23. The lowest BCUT2D eigenvalue weighted by Crippen LogP contribution is -2.16. The van der Waals surface area contributed by atoms with Crippen LogP contribution in [0.15, 0.2) is 30.3 Å². The number of anilines is 1. The normalized spacial score (nSPS) is 10.2. The molecule has 0 spiro atoms. The van der Waals surface area contributed by atoms with E-state index in [9.17, 15) is 4.79 Å². The van der Waals surface area contributed by atoms with Crippen molar-refractivity contribution in [3.63, 3.8) is 0 Å². The molecule has 0 aliphatic rings. The highest BCUT2D eigenvalue weighted by atomic mass is 16.5. The Morgan fingerprint density at radius 1 is 1.20 bits per heavy atom. The molecule has 1 aromatic heterocycles. The lowest BCUT2D eigenvalue weighted by Gasteiger charge is -2.10. The number of carbonyl (C=O) groups is 1. The molecular formula is C15H17N3O2. The van der Waals surface area contributed by atoms with Crippen molar-refractivity contribution in [1.29, 1.82) is 0 Å². The van der Waals surface area contributed by atoms with Gasteiger partial charge in [0.15, 0.2) is 0 Å². The second-order valence-electron chi connectivity index (χ2n) is 4.36. The van der Waals surface area contributed by atoms with Gasteiger partial charge in [0, 0.05) is 11.4 Å². The third kappa shape index (κ3) is 3.32. The van der Waals surface area contributed by atoms with Gasteiger partial charge in [0.2, 0.25) is 5.95 Å². The SMILES string of the molecule is CCOc1ccccc1C(=O)Nc1nc(C)cc(C)n1. The fourth-order valence-electron chi connectivity index (χ4n) is 1.89. The molecule has 5 nitrogen and oxygen atoms in total. The van der Waals surface area contributed by atoms with Crippen molar-refractivity contribution in [1.82, 2.24) is 9.97 Å². The van der Waals surface area contributed by atoms with Crippen molar-refractivity contribution in [2.45, 2.75) is 20.8 Å². The summed E-state index contributed by atoms with van der Waals surface area (Å²) in [4.78, 5) is 20.6. The minimum absolute atomic E-state index is 0.279. The number of nitrogens with zero attached hydrogens (tertiary/aromatic N) is 2. The lowest BCUT2D eigenvalue weighted by atomic mass is 10.2. The van der Waals surface area contributed by atoms with E-state index >= 15 is 0 Å². The molecule has 0 bridgehead atoms. The number of hydrogen-bond donors (Lipinski definition) is 1. The molecule has 20 heavy (non-hydrogen) atoms. The van der Waals surface area contributed by atoms with Crippen molar-refractivity contribution >= 4 is 11.9 Å². The average Bonchev–Trinajstić information content (AvgIpc) is 2.38. The van der Waals surface area contributed by atoms with Crippen molar-refractivity contribution in [3.05, 3.63) is 47.3 Å². The molecule has 0 aliphatic heterocycles. The first-order chi connectivity index (χ1) is 9.60. The molecule has 0 saturated heterocycles. The molecule has 0 saturated carbocycles. The van der Waals surface area contributed by atoms with Crippen molar-refractivity contribution in [2.24, 2.45) is 0 Å². The van der Waals surface area contributed by atoms with E-state index in [2.05, 4.69) is 15.3 Å². The summed E-state index contributed by atoms with van der Waals surface area (Å²) in [5, 5.41) is 2.70. The van der Waals surface area contributed by atoms with Gasteiger partial charge in [-0.05, 0) is 39.0 Å². The number of para-hydroxylation sites is 1. The Morgan fingerprint density at radius 3 is 2.50 bits per heavy atom. The molecule has 1 amide bonds. The van der Waals surface area contributed by atoms with Gasteiger partial charge in [0.05, 0.1) is 12.2 Å². The molecule has 5 heteroatoms. The summed E-state index contributed by atoms with van der Waals surface area (Å²) < 4.78 is 5.44. The Morgan fingerprint density at radius 2 is 1.85 bits per heavy atom. The largest absolute Gasteiger partial charge is 0.493 e. The summed E-state index contributed by atoms with van der Waals surface area (Å²) in [5.74, 6) is 0.578. The lowest BCUT2D eigenvalue weighted by molar-refractivity contribution is 0.102. The zero-order chi connectivity index (χ0) is 14.5. The summed E-state index contributed by atoms with van der Waals surface area (Å²) in [5.41, 5.74) is 2.09. The zero-order valence-corrected chi connectivity index (χ0v) is 11.8. The molecule has 1 heterocycles.